The van der Waals surface area contributed by atoms with Crippen LogP contribution in [0.4, 0.5) is 0 Å². The highest BCUT2D eigenvalue weighted by atomic mass is 16.5. The van der Waals surface area contributed by atoms with E-state index in [1.54, 1.807) is 12.1 Å². The molecule has 0 unspecified atom stereocenters. The first-order chi connectivity index (χ1) is 7.65. The number of benzene rings is 1. The van der Waals surface area contributed by atoms with E-state index in [9.17, 15) is 10.2 Å². The van der Waals surface area contributed by atoms with E-state index in [4.69, 9.17) is 9.84 Å². The number of rotatable bonds is 6. The van der Waals surface area contributed by atoms with Crippen molar-refractivity contribution in [1.82, 2.24) is 0 Å². The van der Waals surface area contributed by atoms with Crippen LogP contribution in [0, 0.1) is 5.41 Å². The van der Waals surface area contributed by atoms with Crippen LogP contribution in [0.5, 0.6) is 11.5 Å². The summed E-state index contributed by atoms with van der Waals surface area (Å²) in [5, 5.41) is 27.5. The maximum absolute atomic E-state index is 9.22. The highest BCUT2D eigenvalue weighted by Crippen LogP contribution is 2.23. The van der Waals surface area contributed by atoms with Crippen molar-refractivity contribution >= 4 is 0 Å². The number of aromatic hydroxyl groups is 1. The van der Waals surface area contributed by atoms with Crippen LogP contribution in [-0.4, -0.2) is 35.1 Å². The van der Waals surface area contributed by atoms with Crippen LogP contribution in [-0.2, 0) is 0 Å². The molecular formula is C12H18O4. The van der Waals surface area contributed by atoms with Gasteiger partial charge in [-0.15, -0.1) is 0 Å². The van der Waals surface area contributed by atoms with Gasteiger partial charge in [-0.05, 0) is 30.7 Å². The smallest absolute Gasteiger partial charge is 0.119 e. The molecule has 16 heavy (non-hydrogen) atoms. The van der Waals surface area contributed by atoms with E-state index in [1.807, 2.05) is 6.92 Å². The Hall–Kier alpha value is -1.26. The number of ether oxygens (including phenoxy) is 1. The summed E-state index contributed by atoms with van der Waals surface area (Å²) in [6.07, 6.45) is 0.637. The van der Waals surface area contributed by atoms with Gasteiger partial charge in [0.2, 0.25) is 0 Å². The Morgan fingerprint density at radius 3 is 2.12 bits per heavy atom. The highest BCUT2D eigenvalue weighted by molar-refractivity contribution is 5.30. The van der Waals surface area contributed by atoms with Gasteiger partial charge in [-0.3, -0.25) is 0 Å². The first kappa shape index (κ1) is 12.8. The van der Waals surface area contributed by atoms with E-state index in [2.05, 4.69) is 0 Å². The largest absolute Gasteiger partial charge is 0.508 e. The molecule has 0 saturated heterocycles. The molecule has 4 heteroatoms. The predicted octanol–water partition coefficient (Wildman–Crippen LogP) is 1.15. The fourth-order valence-corrected chi connectivity index (χ4v) is 1.25. The molecule has 90 valence electrons. The molecule has 1 aromatic carbocycles. The fourth-order valence-electron chi connectivity index (χ4n) is 1.25. The standard InChI is InChI=1S/C12H18O4/c1-2-12(7-13,8-14)9-16-11-5-3-10(15)4-6-11/h3-6,13-15H,2,7-9H2,1H3. The fraction of sp³-hybridized carbons (Fsp3) is 0.500. The van der Waals surface area contributed by atoms with Gasteiger partial charge in [0, 0.05) is 0 Å². The quantitative estimate of drug-likeness (QED) is 0.680. The maximum Gasteiger partial charge on any atom is 0.119 e. The number of aliphatic hydroxyl groups excluding tert-OH is 2. The third kappa shape index (κ3) is 3.12. The van der Waals surface area contributed by atoms with Gasteiger partial charge in [-0.25, -0.2) is 0 Å². The van der Waals surface area contributed by atoms with E-state index in [0.29, 0.717) is 12.2 Å². The molecule has 4 nitrogen and oxygen atoms in total. The molecule has 0 radical (unpaired) electrons. The third-order valence-electron chi connectivity index (χ3n) is 2.80. The lowest BCUT2D eigenvalue weighted by Crippen LogP contribution is -2.35. The number of hydrogen-bond donors (Lipinski definition) is 3. The average molecular weight is 226 g/mol. The summed E-state index contributed by atoms with van der Waals surface area (Å²) in [5.74, 6) is 0.788. The Kier molecular flexibility index (Phi) is 4.58. The molecule has 0 saturated carbocycles. The Morgan fingerprint density at radius 2 is 1.69 bits per heavy atom. The van der Waals surface area contributed by atoms with Crippen molar-refractivity contribution in [1.29, 1.82) is 0 Å². The van der Waals surface area contributed by atoms with Gasteiger partial charge in [-0.1, -0.05) is 6.92 Å². The van der Waals surface area contributed by atoms with Gasteiger partial charge in [0.25, 0.3) is 0 Å². The van der Waals surface area contributed by atoms with Crippen LogP contribution < -0.4 is 4.74 Å². The summed E-state index contributed by atoms with van der Waals surface area (Å²) in [5.41, 5.74) is -0.599. The molecule has 0 heterocycles. The van der Waals surface area contributed by atoms with Crippen molar-refractivity contribution in [3.63, 3.8) is 0 Å². The Bertz CT molecular complexity index is 295. The molecular weight excluding hydrogens is 208 g/mol. The highest BCUT2D eigenvalue weighted by Gasteiger charge is 2.27. The van der Waals surface area contributed by atoms with E-state index in [0.717, 1.165) is 0 Å². The van der Waals surface area contributed by atoms with Crippen molar-refractivity contribution in [3.05, 3.63) is 24.3 Å². The summed E-state index contributed by atoms with van der Waals surface area (Å²) >= 11 is 0. The van der Waals surface area contributed by atoms with Gasteiger partial charge in [-0.2, -0.15) is 0 Å². The zero-order valence-corrected chi connectivity index (χ0v) is 9.39. The molecule has 0 amide bonds. The van der Waals surface area contributed by atoms with Gasteiger partial charge in [0.05, 0.1) is 25.2 Å². The molecule has 0 fully saturated rings. The van der Waals surface area contributed by atoms with E-state index in [1.165, 1.54) is 12.1 Å². The van der Waals surface area contributed by atoms with Crippen molar-refractivity contribution in [2.24, 2.45) is 5.41 Å². The summed E-state index contributed by atoms with van der Waals surface area (Å²) in [6, 6.07) is 6.34. The van der Waals surface area contributed by atoms with Gasteiger partial charge in [0.1, 0.15) is 11.5 Å². The van der Waals surface area contributed by atoms with Crippen molar-refractivity contribution in [3.8, 4) is 11.5 Å². The molecule has 1 aromatic rings. The van der Waals surface area contributed by atoms with Gasteiger partial charge in [0.15, 0.2) is 0 Å². The van der Waals surface area contributed by atoms with Crippen LogP contribution in [0.3, 0.4) is 0 Å². The van der Waals surface area contributed by atoms with Crippen LogP contribution in [0.2, 0.25) is 0 Å². The van der Waals surface area contributed by atoms with Crippen LogP contribution >= 0.6 is 0 Å². The molecule has 0 aliphatic rings. The summed E-state index contributed by atoms with van der Waals surface area (Å²) in [4.78, 5) is 0. The molecule has 0 aliphatic carbocycles. The molecule has 0 aromatic heterocycles. The lowest BCUT2D eigenvalue weighted by atomic mass is 9.88. The zero-order chi connectivity index (χ0) is 12.0. The predicted molar refractivity (Wildman–Crippen MR) is 60.5 cm³/mol. The average Bonchev–Trinajstić information content (AvgIpc) is 2.34. The third-order valence-corrected chi connectivity index (χ3v) is 2.80. The monoisotopic (exact) mass is 226 g/mol. The molecule has 0 spiro atoms. The molecule has 0 atom stereocenters. The summed E-state index contributed by atoms with van der Waals surface area (Å²) < 4.78 is 5.47. The topological polar surface area (TPSA) is 69.9 Å². The van der Waals surface area contributed by atoms with E-state index < -0.39 is 5.41 Å². The zero-order valence-electron chi connectivity index (χ0n) is 9.39. The second-order valence-electron chi connectivity index (χ2n) is 3.95. The number of hydrogen-bond acceptors (Lipinski definition) is 4. The second-order valence-corrected chi connectivity index (χ2v) is 3.95. The second kappa shape index (κ2) is 5.72. The lowest BCUT2D eigenvalue weighted by molar-refractivity contribution is 0.0114. The number of phenols is 1. The normalized spacial score (nSPS) is 11.4. The first-order valence-corrected chi connectivity index (χ1v) is 5.29. The molecule has 3 N–H and O–H groups in total. The Morgan fingerprint density at radius 1 is 1.12 bits per heavy atom. The number of phenolic OH excluding ortho intramolecular Hbond substituents is 1. The Labute approximate surface area is 95.1 Å². The van der Waals surface area contributed by atoms with Crippen LogP contribution in [0.15, 0.2) is 24.3 Å². The van der Waals surface area contributed by atoms with Gasteiger partial charge < -0.3 is 20.1 Å². The van der Waals surface area contributed by atoms with E-state index in [-0.39, 0.29) is 25.6 Å². The maximum atomic E-state index is 9.22. The first-order valence-electron chi connectivity index (χ1n) is 5.29. The molecule has 0 bridgehead atoms. The number of aliphatic hydroxyl groups is 2. The van der Waals surface area contributed by atoms with Crippen LogP contribution in [0.1, 0.15) is 13.3 Å². The van der Waals surface area contributed by atoms with Gasteiger partial charge >= 0.3 is 0 Å². The SMILES string of the molecule is CCC(CO)(CO)COc1ccc(O)cc1. The summed E-state index contributed by atoms with van der Waals surface area (Å²) in [7, 11) is 0. The molecule has 0 aliphatic heterocycles. The minimum atomic E-state index is -0.599. The van der Waals surface area contributed by atoms with Crippen molar-refractivity contribution in [2.45, 2.75) is 13.3 Å². The van der Waals surface area contributed by atoms with Crippen molar-refractivity contribution < 1.29 is 20.1 Å². The Balaban J connectivity index is 2.58. The van der Waals surface area contributed by atoms with Crippen LogP contribution in [0.25, 0.3) is 0 Å². The minimum absolute atomic E-state index is 0.113. The van der Waals surface area contributed by atoms with Crippen molar-refractivity contribution in [2.75, 3.05) is 19.8 Å². The summed E-state index contributed by atoms with van der Waals surface area (Å²) in [6.45, 7) is 1.92. The molecule has 1 rings (SSSR count). The lowest BCUT2D eigenvalue weighted by Gasteiger charge is -2.28. The minimum Gasteiger partial charge on any atom is -0.508 e. The van der Waals surface area contributed by atoms with E-state index >= 15 is 0 Å².